The summed E-state index contributed by atoms with van der Waals surface area (Å²) >= 11 is 2.15. The summed E-state index contributed by atoms with van der Waals surface area (Å²) in [6.45, 7) is 23.0. The van der Waals surface area contributed by atoms with Crippen molar-refractivity contribution in [1.82, 2.24) is 47.8 Å². The maximum atomic E-state index is 12.4. The highest BCUT2D eigenvalue weighted by Crippen LogP contribution is 2.51. The predicted octanol–water partition coefficient (Wildman–Crippen LogP) is 3.48. The number of aliphatic hydroxyl groups excluding tert-OH is 5. The summed E-state index contributed by atoms with van der Waals surface area (Å²) in [5, 5.41) is 47.2. The molecule has 0 bridgehead atoms. The Balaban J connectivity index is 0.000000254. The van der Waals surface area contributed by atoms with Crippen molar-refractivity contribution in [3.8, 4) is 0 Å². The molecule has 0 aliphatic carbocycles. The van der Waals surface area contributed by atoms with Crippen molar-refractivity contribution in [2.45, 2.75) is 200 Å². The molecule has 0 radical (unpaired) electrons. The zero-order valence-corrected chi connectivity index (χ0v) is 71.9. The first-order valence-electron chi connectivity index (χ1n) is 36.6. The lowest BCUT2D eigenvalue weighted by Crippen LogP contribution is -2.33. The number of H-pyrrole nitrogens is 5. The quantitative estimate of drug-likeness (QED) is 0.0167. The summed E-state index contributed by atoms with van der Waals surface area (Å²) in [6.07, 6.45) is 0.749. The first-order chi connectivity index (χ1) is 54.8. The minimum atomic E-state index is -3.44. The first kappa shape index (κ1) is 100. The molecular formula is C66H105IN10O35P4. The van der Waals surface area contributed by atoms with Crippen molar-refractivity contribution in [3.05, 3.63) is 175 Å². The van der Waals surface area contributed by atoms with Crippen molar-refractivity contribution < 1.29 is 118 Å². The van der Waals surface area contributed by atoms with Crippen LogP contribution < -0.4 is 56.2 Å². The highest BCUT2D eigenvalue weighted by atomic mass is 127. The van der Waals surface area contributed by atoms with Crippen LogP contribution in [0.2, 0.25) is 0 Å². The fourth-order valence-corrected chi connectivity index (χ4v) is 16.8. The highest BCUT2D eigenvalue weighted by molar-refractivity contribution is 14.1. The number of aromatic amines is 5. The number of halogens is 1. The number of aliphatic hydroxyl groups is 5. The molecule has 4 fully saturated rings. The number of nitrogens with one attached hydrogen (secondary N) is 5. The molecule has 5 aliphatic heterocycles. The topological polar surface area (TPSA) is 591 Å². The Morgan fingerprint density at radius 1 is 0.388 bits per heavy atom. The van der Waals surface area contributed by atoms with E-state index < -0.39 is 156 Å². The van der Waals surface area contributed by atoms with Crippen LogP contribution in [0, 0.1) is 34.6 Å². The maximum Gasteiger partial charge on any atom is 0.356 e. The number of rotatable bonds is 32. The molecule has 50 heteroatoms. The normalized spacial score (nSPS) is 23.0. The maximum absolute atomic E-state index is 12.4. The Bertz CT molecular complexity index is 4500. The van der Waals surface area contributed by atoms with E-state index in [0.29, 0.717) is 40.7 Å². The van der Waals surface area contributed by atoms with Crippen LogP contribution in [-0.2, 0) is 92.3 Å². The number of alkyl halides is 1. The highest BCUT2D eigenvalue weighted by Gasteiger charge is 2.42. The van der Waals surface area contributed by atoms with E-state index in [2.05, 4.69) is 47.5 Å². The monoisotopic (exact) mass is 1850 g/mol. The number of hydrogen-bond acceptors (Lipinski definition) is 35. The third-order valence-electron chi connectivity index (χ3n) is 16.4. The summed E-state index contributed by atoms with van der Waals surface area (Å²) in [7, 11) is -13.4. The molecule has 4 saturated heterocycles. The average molecular weight is 1850 g/mol. The van der Waals surface area contributed by atoms with Gasteiger partial charge in [-0.05, 0) is 96.1 Å². The molecule has 45 nitrogen and oxygen atoms in total. The van der Waals surface area contributed by atoms with Gasteiger partial charge in [0.15, 0.2) is 44.1 Å². The number of aromatic nitrogens is 10. The minimum Gasteiger partial charge on any atom is -0.478 e. The lowest BCUT2D eigenvalue weighted by Gasteiger charge is -2.21. The molecule has 5 aromatic heterocycles. The molecule has 656 valence electrons. The SMILES string of the molecule is CCOP(=O)(CO)OCC.CCOP(=O)(CO[C@@H]1O[C@H](n2cc(C)c(=O)[nH]c2=O)C[C@@H]1O)OCC.CCOP(=O)(CO[C@@H]1O[C@H](n2cc(C)c(=O)[nH]c2=O)C[C@H]1I)OCC.CCOP(=O)(CO[C@@H]1O[C@H](n2cc(C)c(=O)[nH]c2=O)C[C@H]1O)OCC.Cc1cn([C@@H]2CC=CO2)c(=O)[nH]c1=O.Cc1cn([C@@H]2C[C@@H](O)[C@H](CO)O2)c(=O)[nH]c1=O. The lowest BCUT2D eigenvalue weighted by atomic mass is 10.2. The van der Waals surface area contributed by atoms with Gasteiger partial charge in [0.25, 0.3) is 27.8 Å². The Kier molecular flexibility index (Phi) is 41.3. The fourth-order valence-electron chi connectivity index (χ4n) is 10.9. The molecule has 0 saturated carbocycles. The molecule has 10 rings (SSSR count). The summed E-state index contributed by atoms with van der Waals surface area (Å²) in [5.74, 6) is 0. The summed E-state index contributed by atoms with van der Waals surface area (Å²) in [6, 6.07) is 0. The molecule has 5 aliphatic rings. The van der Waals surface area contributed by atoms with Crippen LogP contribution in [0.25, 0.3) is 0 Å². The van der Waals surface area contributed by atoms with E-state index in [4.69, 9.17) is 84.3 Å². The van der Waals surface area contributed by atoms with Crippen LogP contribution in [0.1, 0.15) is 146 Å². The van der Waals surface area contributed by atoms with Crippen LogP contribution in [0.4, 0.5) is 0 Å². The van der Waals surface area contributed by atoms with Crippen molar-refractivity contribution >= 4 is 53.0 Å². The van der Waals surface area contributed by atoms with Gasteiger partial charge >= 0.3 is 58.8 Å². The van der Waals surface area contributed by atoms with Crippen molar-refractivity contribution in [1.29, 1.82) is 0 Å². The van der Waals surface area contributed by atoms with Gasteiger partial charge in [-0.3, -0.25) is 90.0 Å². The van der Waals surface area contributed by atoms with Crippen LogP contribution >= 0.6 is 53.0 Å². The second-order valence-electron chi connectivity index (χ2n) is 25.3. The molecule has 0 unspecified atom stereocenters. The van der Waals surface area contributed by atoms with E-state index in [0.717, 1.165) is 0 Å². The van der Waals surface area contributed by atoms with Gasteiger partial charge < -0.3 is 99.6 Å². The van der Waals surface area contributed by atoms with E-state index in [9.17, 15) is 81.5 Å². The number of ether oxygens (including phenoxy) is 8. The Hall–Kier alpha value is -6.21. The molecule has 0 amide bonds. The number of nitrogens with zero attached hydrogens (tertiary/aromatic N) is 5. The van der Waals surface area contributed by atoms with Gasteiger partial charge in [0.2, 0.25) is 0 Å². The fraction of sp³-hybridized carbons (Fsp3) is 0.667. The van der Waals surface area contributed by atoms with Gasteiger partial charge in [0.1, 0.15) is 49.6 Å². The molecule has 116 heavy (non-hydrogen) atoms. The minimum absolute atomic E-state index is 0.0709. The third-order valence-corrected chi connectivity index (χ3v) is 24.5. The van der Waals surface area contributed by atoms with Crippen molar-refractivity contribution in [3.63, 3.8) is 0 Å². The Labute approximate surface area is 676 Å². The van der Waals surface area contributed by atoms with E-state index in [1.807, 2.05) is 6.08 Å². The van der Waals surface area contributed by atoms with Crippen molar-refractivity contribution in [2.24, 2.45) is 0 Å². The molecule has 13 atom stereocenters. The number of hydrogen-bond donors (Lipinski definition) is 10. The van der Waals surface area contributed by atoms with Gasteiger partial charge in [0, 0.05) is 90.9 Å². The largest absolute Gasteiger partial charge is 0.478 e. The molecular weight excluding hydrogens is 1740 g/mol. The summed E-state index contributed by atoms with van der Waals surface area (Å²) in [5.41, 5.74) is -3.09. The van der Waals surface area contributed by atoms with Crippen molar-refractivity contribution in [2.75, 3.05) is 84.9 Å². The van der Waals surface area contributed by atoms with Crippen LogP contribution in [0.5, 0.6) is 0 Å². The Morgan fingerprint density at radius 2 is 0.647 bits per heavy atom. The lowest BCUT2D eigenvalue weighted by molar-refractivity contribution is -0.169. The molecule has 10 heterocycles. The van der Waals surface area contributed by atoms with Gasteiger partial charge in [-0.25, -0.2) is 24.0 Å². The molecule has 0 spiro atoms. The third kappa shape index (κ3) is 29.6. The predicted molar refractivity (Wildman–Crippen MR) is 420 cm³/mol. The van der Waals surface area contributed by atoms with Gasteiger partial charge in [-0.1, -0.05) is 22.6 Å². The summed E-state index contributed by atoms with van der Waals surface area (Å²) < 4.78 is 138. The van der Waals surface area contributed by atoms with Crippen LogP contribution in [-0.4, -0.2) is 205 Å². The van der Waals surface area contributed by atoms with Crippen LogP contribution in [0.3, 0.4) is 0 Å². The zero-order chi connectivity index (χ0) is 86.6. The second-order valence-corrected chi connectivity index (χ2v) is 34.9. The average Bonchev–Trinajstić information content (AvgIpc) is 1.63. The zero-order valence-electron chi connectivity index (χ0n) is 66.2. The molecule has 0 aromatic carbocycles. The van der Waals surface area contributed by atoms with Crippen LogP contribution in [0.15, 0.2) is 91.3 Å². The number of aryl methyl sites for hydroxylation is 5. The molecule has 5 aromatic rings. The Morgan fingerprint density at radius 3 is 0.914 bits per heavy atom. The van der Waals surface area contributed by atoms with Gasteiger partial charge in [-0.15, -0.1) is 0 Å². The molecule has 10 N–H and O–H groups in total. The van der Waals surface area contributed by atoms with Gasteiger partial charge in [-0.2, -0.15) is 0 Å². The first-order valence-corrected chi connectivity index (χ1v) is 44.7. The second kappa shape index (κ2) is 47.7. The smallest absolute Gasteiger partial charge is 0.356 e. The van der Waals surface area contributed by atoms with E-state index >= 15 is 0 Å². The van der Waals surface area contributed by atoms with E-state index in [1.165, 1.54) is 53.8 Å². The van der Waals surface area contributed by atoms with E-state index in [1.54, 1.807) is 96.3 Å². The van der Waals surface area contributed by atoms with E-state index in [-0.39, 0.29) is 113 Å². The standard InChI is InChI=1S/C14H22IN2O7P.2C14H23N2O8P.C10H14N2O5.C9H10N2O3.C5H13O4P/c1-4-22-25(20,23-5-2)8-21-13-10(15)6-11(24-13)17-7-9(3)12(18)16-14(17)19;2*1-4-22-25(20,23-5-2)8-21-13-10(17)6-11(24-13)16-7-9(3)12(18)15-14(16)19;1-5-3-12(10(16)11-9(5)15)8-2-6(14)7(4-13)17-8;1-6-5-11(7-3-2-4-14-7)9(13)10-8(6)12;1-3-8-10(7,5-6)9-4-2/h7,10-11,13H,4-6,8H2,1-3H3,(H,16,18,19);2*7,10-11,13,17H,4-6,8H2,1-3H3,(H,15,18,19);3,6-8,13-14H,2,4H2,1H3,(H,11,15,16);2,4-5,7H,3H2,1H3,(H,10,12,13);6H,3-5H2,1-2H3/t2*10-,11+,13-;10-,11-,13+;6-,7+,8+;7-;/m11010./s1. The van der Waals surface area contributed by atoms with Gasteiger partial charge in [0.05, 0.1) is 75.8 Å². The summed E-state index contributed by atoms with van der Waals surface area (Å²) in [4.78, 5) is 126.